The third kappa shape index (κ3) is 2.51. The lowest BCUT2D eigenvalue weighted by Gasteiger charge is -2.05. The molecular formula is C12H11ClN6S. The first kappa shape index (κ1) is 13.0. The van der Waals surface area contributed by atoms with Gasteiger partial charge in [0.1, 0.15) is 5.82 Å². The average Bonchev–Trinajstić information content (AvgIpc) is 3.07. The number of anilines is 1. The second-order valence-electron chi connectivity index (χ2n) is 4.11. The van der Waals surface area contributed by atoms with Gasteiger partial charge >= 0.3 is 0 Å². The molecule has 0 saturated carbocycles. The average molecular weight is 307 g/mol. The van der Waals surface area contributed by atoms with Crippen molar-refractivity contribution in [1.82, 2.24) is 19.7 Å². The lowest BCUT2D eigenvalue weighted by atomic mass is 10.2. The summed E-state index contributed by atoms with van der Waals surface area (Å²) in [6.07, 6.45) is 3.63. The SMILES string of the molecule is Cn1cc(-c2cc(NN)nc(-c3ccc(Cl)s3)n2)cn1. The topological polar surface area (TPSA) is 81.7 Å². The Labute approximate surface area is 124 Å². The van der Waals surface area contributed by atoms with Gasteiger partial charge in [0.2, 0.25) is 0 Å². The molecule has 0 aliphatic carbocycles. The van der Waals surface area contributed by atoms with E-state index in [1.807, 2.05) is 25.4 Å². The van der Waals surface area contributed by atoms with Crippen LogP contribution in [0.1, 0.15) is 0 Å². The molecule has 0 saturated heterocycles. The van der Waals surface area contributed by atoms with Gasteiger partial charge in [-0.25, -0.2) is 15.8 Å². The van der Waals surface area contributed by atoms with Crippen LogP contribution in [-0.2, 0) is 7.05 Å². The van der Waals surface area contributed by atoms with E-state index in [4.69, 9.17) is 17.4 Å². The summed E-state index contributed by atoms with van der Waals surface area (Å²) >= 11 is 7.37. The van der Waals surface area contributed by atoms with E-state index < -0.39 is 0 Å². The molecule has 0 aliphatic heterocycles. The fraction of sp³-hybridized carbons (Fsp3) is 0.0833. The van der Waals surface area contributed by atoms with Gasteiger partial charge in [-0.1, -0.05) is 11.6 Å². The Hall–Kier alpha value is -1.96. The maximum Gasteiger partial charge on any atom is 0.172 e. The molecule has 20 heavy (non-hydrogen) atoms. The molecule has 8 heteroatoms. The van der Waals surface area contributed by atoms with Gasteiger partial charge in [-0.2, -0.15) is 5.10 Å². The van der Waals surface area contributed by atoms with E-state index in [0.717, 1.165) is 16.1 Å². The maximum absolute atomic E-state index is 5.95. The number of hydrogen-bond acceptors (Lipinski definition) is 6. The molecule has 3 aromatic heterocycles. The van der Waals surface area contributed by atoms with E-state index in [0.29, 0.717) is 16.0 Å². The Morgan fingerprint density at radius 1 is 1.35 bits per heavy atom. The molecule has 0 aliphatic rings. The van der Waals surface area contributed by atoms with Crippen molar-refractivity contribution < 1.29 is 0 Å². The van der Waals surface area contributed by atoms with Crippen molar-refractivity contribution in [3.63, 3.8) is 0 Å². The van der Waals surface area contributed by atoms with Gasteiger partial charge in [0, 0.05) is 24.9 Å². The molecular weight excluding hydrogens is 296 g/mol. The van der Waals surface area contributed by atoms with Crippen LogP contribution in [0.4, 0.5) is 5.82 Å². The van der Waals surface area contributed by atoms with Crippen molar-refractivity contribution in [2.45, 2.75) is 0 Å². The van der Waals surface area contributed by atoms with Crippen LogP contribution in [-0.4, -0.2) is 19.7 Å². The predicted molar refractivity (Wildman–Crippen MR) is 80.4 cm³/mol. The van der Waals surface area contributed by atoms with E-state index in [2.05, 4.69) is 20.5 Å². The van der Waals surface area contributed by atoms with Gasteiger partial charge in [-0.05, 0) is 12.1 Å². The lowest BCUT2D eigenvalue weighted by molar-refractivity contribution is 0.768. The summed E-state index contributed by atoms with van der Waals surface area (Å²) in [6.45, 7) is 0. The second-order valence-corrected chi connectivity index (χ2v) is 5.83. The standard InChI is InChI=1S/C12H11ClN6S/c1-19-6-7(5-15-19)8-4-11(18-14)17-12(16-8)9-2-3-10(13)20-9/h2-6H,14H2,1H3,(H,16,17,18). The smallest absolute Gasteiger partial charge is 0.172 e. The molecule has 0 bridgehead atoms. The molecule has 0 fully saturated rings. The normalized spacial score (nSPS) is 10.8. The second kappa shape index (κ2) is 5.20. The minimum absolute atomic E-state index is 0.540. The van der Waals surface area contributed by atoms with Crippen LogP contribution in [0, 0.1) is 0 Å². The number of hydrazine groups is 1. The van der Waals surface area contributed by atoms with Crippen LogP contribution in [0.25, 0.3) is 22.0 Å². The van der Waals surface area contributed by atoms with Crippen LogP contribution in [0.3, 0.4) is 0 Å². The summed E-state index contributed by atoms with van der Waals surface area (Å²) in [4.78, 5) is 9.77. The zero-order chi connectivity index (χ0) is 14.1. The van der Waals surface area contributed by atoms with Gasteiger partial charge in [0.15, 0.2) is 5.82 Å². The van der Waals surface area contributed by atoms with E-state index >= 15 is 0 Å². The highest BCUT2D eigenvalue weighted by atomic mass is 35.5. The number of aryl methyl sites for hydroxylation is 1. The highest BCUT2D eigenvalue weighted by Gasteiger charge is 2.11. The van der Waals surface area contributed by atoms with Crippen LogP contribution >= 0.6 is 22.9 Å². The Morgan fingerprint density at radius 2 is 2.20 bits per heavy atom. The lowest BCUT2D eigenvalue weighted by Crippen LogP contribution is -2.09. The predicted octanol–water partition coefficient (Wildman–Crippen LogP) is 2.54. The van der Waals surface area contributed by atoms with E-state index in [-0.39, 0.29) is 0 Å². The molecule has 3 aromatic rings. The molecule has 0 unspecified atom stereocenters. The number of nitrogens with two attached hydrogens (primary N) is 1. The molecule has 102 valence electrons. The van der Waals surface area contributed by atoms with Gasteiger partial charge in [0.25, 0.3) is 0 Å². The summed E-state index contributed by atoms with van der Waals surface area (Å²) in [5.41, 5.74) is 4.20. The summed E-state index contributed by atoms with van der Waals surface area (Å²) in [6, 6.07) is 5.47. The minimum Gasteiger partial charge on any atom is -0.308 e. The summed E-state index contributed by atoms with van der Waals surface area (Å²) in [7, 11) is 1.85. The van der Waals surface area contributed by atoms with Crippen molar-refractivity contribution in [1.29, 1.82) is 0 Å². The molecule has 0 atom stereocenters. The van der Waals surface area contributed by atoms with Crippen molar-refractivity contribution in [2.75, 3.05) is 5.43 Å². The molecule has 0 radical (unpaired) electrons. The van der Waals surface area contributed by atoms with Gasteiger partial charge in [-0.3, -0.25) is 4.68 Å². The Bertz CT molecular complexity index is 691. The van der Waals surface area contributed by atoms with Crippen molar-refractivity contribution in [3.05, 3.63) is 34.9 Å². The number of hydrogen-bond donors (Lipinski definition) is 2. The quantitative estimate of drug-likeness (QED) is 0.574. The zero-order valence-electron chi connectivity index (χ0n) is 10.5. The molecule has 3 N–H and O–H groups in total. The maximum atomic E-state index is 5.95. The third-order valence-corrected chi connectivity index (χ3v) is 3.90. The fourth-order valence-corrected chi connectivity index (χ4v) is 2.74. The van der Waals surface area contributed by atoms with E-state index in [1.165, 1.54) is 11.3 Å². The summed E-state index contributed by atoms with van der Waals surface area (Å²) in [5, 5.41) is 4.14. The number of rotatable bonds is 3. The summed E-state index contributed by atoms with van der Waals surface area (Å²) in [5.74, 6) is 6.59. The first-order valence-electron chi connectivity index (χ1n) is 5.76. The number of nitrogen functional groups attached to an aromatic ring is 1. The number of nitrogens with zero attached hydrogens (tertiary/aromatic N) is 4. The van der Waals surface area contributed by atoms with Crippen LogP contribution in [0.5, 0.6) is 0 Å². The number of aromatic nitrogens is 4. The minimum atomic E-state index is 0.540. The highest BCUT2D eigenvalue weighted by Crippen LogP contribution is 2.31. The van der Waals surface area contributed by atoms with Crippen molar-refractivity contribution >= 4 is 28.8 Å². The highest BCUT2D eigenvalue weighted by molar-refractivity contribution is 7.19. The van der Waals surface area contributed by atoms with E-state index in [9.17, 15) is 0 Å². The van der Waals surface area contributed by atoms with Gasteiger partial charge in [-0.15, -0.1) is 11.3 Å². The number of thiophene rings is 1. The van der Waals surface area contributed by atoms with Gasteiger partial charge in [0.05, 0.1) is 21.1 Å². The third-order valence-electron chi connectivity index (χ3n) is 2.67. The Balaban J connectivity index is 2.12. The zero-order valence-corrected chi connectivity index (χ0v) is 12.1. The molecule has 0 spiro atoms. The van der Waals surface area contributed by atoms with E-state index in [1.54, 1.807) is 16.9 Å². The van der Waals surface area contributed by atoms with Crippen LogP contribution < -0.4 is 11.3 Å². The monoisotopic (exact) mass is 306 g/mol. The Kier molecular flexibility index (Phi) is 3.39. The van der Waals surface area contributed by atoms with Gasteiger partial charge < -0.3 is 5.43 Å². The van der Waals surface area contributed by atoms with Crippen LogP contribution in [0.2, 0.25) is 4.34 Å². The Morgan fingerprint density at radius 3 is 2.80 bits per heavy atom. The molecule has 6 nitrogen and oxygen atoms in total. The molecule has 0 aromatic carbocycles. The largest absolute Gasteiger partial charge is 0.308 e. The van der Waals surface area contributed by atoms with Crippen molar-refractivity contribution in [3.8, 4) is 22.0 Å². The molecule has 3 heterocycles. The molecule has 3 rings (SSSR count). The number of halogens is 1. The fourth-order valence-electron chi connectivity index (χ4n) is 1.77. The first-order valence-corrected chi connectivity index (χ1v) is 6.95. The first-order chi connectivity index (χ1) is 9.65. The van der Waals surface area contributed by atoms with Crippen LogP contribution in [0.15, 0.2) is 30.6 Å². The molecule has 0 amide bonds. The summed E-state index contributed by atoms with van der Waals surface area (Å²) < 4.78 is 2.41. The van der Waals surface area contributed by atoms with Crippen molar-refractivity contribution in [2.24, 2.45) is 12.9 Å². The number of nitrogens with one attached hydrogen (secondary N) is 1.